The van der Waals surface area contributed by atoms with Gasteiger partial charge in [0, 0.05) is 18.7 Å². The topological polar surface area (TPSA) is 66.2 Å². The fourth-order valence-electron chi connectivity index (χ4n) is 2.55. The van der Waals surface area contributed by atoms with Crippen molar-refractivity contribution in [2.45, 2.75) is 12.8 Å². The average molecular weight is 303 g/mol. The summed E-state index contributed by atoms with van der Waals surface area (Å²) < 4.78 is 5.72. The van der Waals surface area contributed by atoms with Crippen molar-refractivity contribution < 1.29 is 9.53 Å². The number of nitriles is 1. The van der Waals surface area contributed by atoms with Crippen LogP contribution in [0.1, 0.15) is 28.8 Å². The second-order valence-corrected chi connectivity index (χ2v) is 5.34. The van der Waals surface area contributed by atoms with Gasteiger partial charge in [-0.15, -0.1) is 0 Å². The Kier molecular flexibility index (Phi) is 4.29. The van der Waals surface area contributed by atoms with Crippen LogP contribution in [0.2, 0.25) is 0 Å². The molecule has 112 valence electrons. The Bertz CT molecular complexity index is 780. The Labute approximate surface area is 135 Å². The van der Waals surface area contributed by atoms with Gasteiger partial charge in [0.15, 0.2) is 0 Å². The van der Waals surface area contributed by atoms with Crippen molar-refractivity contribution in [1.29, 1.82) is 5.26 Å². The van der Waals surface area contributed by atoms with Crippen LogP contribution in [0.4, 0.5) is 5.82 Å². The molecule has 2 aromatic rings. The number of aromatic nitrogens is 1. The first-order chi connectivity index (χ1) is 11.2. The van der Waals surface area contributed by atoms with Gasteiger partial charge in [0.1, 0.15) is 37.3 Å². The van der Waals surface area contributed by atoms with Gasteiger partial charge in [0.2, 0.25) is 5.88 Å². The minimum absolute atomic E-state index is 0.235. The molecule has 1 aliphatic rings. The third kappa shape index (κ3) is 3.19. The number of carbonyl (C=O) groups is 1. The maximum atomic E-state index is 11.0. The van der Waals surface area contributed by atoms with Crippen LogP contribution >= 0.6 is 0 Å². The summed E-state index contributed by atoms with van der Waals surface area (Å²) in [5, 5.41) is 9.24. The Hall–Kier alpha value is -2.81. The van der Waals surface area contributed by atoms with E-state index in [1.54, 1.807) is 18.2 Å². The van der Waals surface area contributed by atoms with Gasteiger partial charge < -0.3 is 9.64 Å². The molecule has 3 rings (SSSR count). The molecule has 2 heterocycles. The molecule has 0 N–H and O–H groups in total. The molecule has 5 nitrogen and oxygen atoms in total. The molecule has 0 saturated carbocycles. The molecule has 1 aliphatic heterocycles. The standard InChI is InChI=1S/C17H14BN3O2/c18-15-5-4-14(9-13(15)11-22)23-17-12(10-19)3-6-16(20-17)21-7-1-2-8-21/h3-6,9,11H,1-2,7-8H2. The molecule has 0 aliphatic carbocycles. The molecule has 2 radical (unpaired) electrons. The Morgan fingerprint density at radius 2 is 2.04 bits per heavy atom. The van der Waals surface area contributed by atoms with Crippen molar-refractivity contribution in [2.24, 2.45) is 0 Å². The summed E-state index contributed by atoms with van der Waals surface area (Å²) in [5.74, 6) is 1.45. The summed E-state index contributed by atoms with van der Waals surface area (Å²) >= 11 is 0. The van der Waals surface area contributed by atoms with E-state index < -0.39 is 0 Å². The summed E-state index contributed by atoms with van der Waals surface area (Å²) in [4.78, 5) is 17.6. The first kappa shape index (κ1) is 15.1. The monoisotopic (exact) mass is 303 g/mol. The number of aldehydes is 1. The van der Waals surface area contributed by atoms with Crippen molar-refractivity contribution in [3.8, 4) is 17.7 Å². The van der Waals surface area contributed by atoms with Crippen molar-refractivity contribution in [3.05, 3.63) is 41.5 Å². The maximum absolute atomic E-state index is 11.0. The van der Waals surface area contributed by atoms with E-state index in [9.17, 15) is 10.1 Å². The average Bonchev–Trinajstić information content (AvgIpc) is 3.11. The van der Waals surface area contributed by atoms with Crippen LogP contribution in [-0.2, 0) is 0 Å². The van der Waals surface area contributed by atoms with Crippen LogP contribution in [0.3, 0.4) is 0 Å². The molecule has 0 atom stereocenters. The molecule has 1 fully saturated rings. The number of anilines is 1. The van der Waals surface area contributed by atoms with Gasteiger partial charge in [-0.05, 0) is 37.1 Å². The van der Waals surface area contributed by atoms with Crippen molar-refractivity contribution in [2.75, 3.05) is 18.0 Å². The number of carbonyl (C=O) groups excluding carboxylic acids is 1. The third-order valence-corrected chi connectivity index (χ3v) is 3.80. The van der Waals surface area contributed by atoms with Crippen LogP contribution in [0.5, 0.6) is 11.6 Å². The van der Waals surface area contributed by atoms with Gasteiger partial charge in [0.05, 0.1) is 0 Å². The highest BCUT2D eigenvalue weighted by molar-refractivity contribution is 6.35. The Morgan fingerprint density at radius 1 is 1.26 bits per heavy atom. The predicted octanol–water partition coefficient (Wildman–Crippen LogP) is 1.95. The molecule has 23 heavy (non-hydrogen) atoms. The second kappa shape index (κ2) is 6.53. The number of pyridine rings is 1. The zero-order valence-electron chi connectivity index (χ0n) is 12.5. The van der Waals surface area contributed by atoms with Gasteiger partial charge in [-0.1, -0.05) is 11.5 Å². The quantitative estimate of drug-likeness (QED) is 0.638. The summed E-state index contributed by atoms with van der Waals surface area (Å²) in [5.41, 5.74) is 1.07. The number of hydrogen-bond donors (Lipinski definition) is 0. The van der Waals surface area contributed by atoms with E-state index in [0.717, 1.165) is 31.7 Å². The molecule has 0 bridgehead atoms. The maximum Gasteiger partial charge on any atom is 0.239 e. The minimum atomic E-state index is 0.235. The smallest absolute Gasteiger partial charge is 0.239 e. The lowest BCUT2D eigenvalue weighted by atomic mass is 9.91. The Balaban J connectivity index is 1.93. The molecule has 0 amide bonds. The zero-order chi connectivity index (χ0) is 16.2. The fraction of sp³-hybridized carbons (Fsp3) is 0.235. The van der Waals surface area contributed by atoms with Gasteiger partial charge in [0.25, 0.3) is 0 Å². The fourth-order valence-corrected chi connectivity index (χ4v) is 2.55. The normalized spacial score (nSPS) is 13.6. The number of nitrogens with zero attached hydrogens (tertiary/aromatic N) is 3. The van der Waals surface area contributed by atoms with Crippen LogP contribution in [0.25, 0.3) is 0 Å². The zero-order valence-corrected chi connectivity index (χ0v) is 12.5. The van der Waals surface area contributed by atoms with Crippen LogP contribution in [0, 0.1) is 11.3 Å². The summed E-state index contributed by atoms with van der Waals surface area (Å²) in [6.07, 6.45) is 2.94. The molecular formula is C17H14BN3O2. The van der Waals surface area contributed by atoms with E-state index >= 15 is 0 Å². The molecule has 1 aromatic carbocycles. The van der Waals surface area contributed by atoms with Crippen molar-refractivity contribution >= 4 is 25.4 Å². The minimum Gasteiger partial charge on any atom is -0.438 e. The number of ether oxygens (including phenoxy) is 1. The molecule has 0 unspecified atom stereocenters. The molecule has 0 spiro atoms. The first-order valence-corrected chi connectivity index (χ1v) is 7.40. The largest absolute Gasteiger partial charge is 0.438 e. The highest BCUT2D eigenvalue weighted by atomic mass is 16.5. The lowest BCUT2D eigenvalue weighted by Crippen LogP contribution is -2.19. The Morgan fingerprint density at radius 3 is 2.74 bits per heavy atom. The second-order valence-electron chi connectivity index (χ2n) is 5.34. The SMILES string of the molecule is [B]c1ccc(Oc2nc(N3CCCC3)ccc2C#N)cc1C=O. The van der Waals surface area contributed by atoms with E-state index in [1.807, 2.05) is 6.07 Å². The number of rotatable bonds is 4. The van der Waals surface area contributed by atoms with E-state index in [-0.39, 0.29) is 5.88 Å². The number of hydrogen-bond acceptors (Lipinski definition) is 5. The van der Waals surface area contributed by atoms with Gasteiger partial charge >= 0.3 is 0 Å². The first-order valence-electron chi connectivity index (χ1n) is 7.40. The molecule has 1 aromatic heterocycles. The summed E-state index contributed by atoms with van der Waals surface area (Å²) in [7, 11) is 5.69. The van der Waals surface area contributed by atoms with Gasteiger partial charge in [-0.2, -0.15) is 10.2 Å². The summed E-state index contributed by atoms with van der Waals surface area (Å²) in [6, 6.07) is 10.4. The van der Waals surface area contributed by atoms with Crippen LogP contribution in [-0.4, -0.2) is 32.2 Å². The van der Waals surface area contributed by atoms with Crippen LogP contribution in [0.15, 0.2) is 30.3 Å². The van der Waals surface area contributed by atoms with Crippen LogP contribution < -0.4 is 15.1 Å². The van der Waals surface area contributed by atoms with E-state index in [2.05, 4.69) is 16.0 Å². The lowest BCUT2D eigenvalue weighted by Gasteiger charge is -2.17. The van der Waals surface area contributed by atoms with E-state index in [1.165, 1.54) is 6.07 Å². The number of benzene rings is 1. The lowest BCUT2D eigenvalue weighted by molar-refractivity contribution is 0.112. The predicted molar refractivity (Wildman–Crippen MR) is 87.7 cm³/mol. The summed E-state index contributed by atoms with van der Waals surface area (Å²) in [6.45, 7) is 1.91. The molecular weight excluding hydrogens is 289 g/mol. The van der Waals surface area contributed by atoms with E-state index in [0.29, 0.717) is 28.6 Å². The molecule has 6 heteroatoms. The molecule has 1 saturated heterocycles. The highest BCUT2D eigenvalue weighted by Gasteiger charge is 2.16. The van der Waals surface area contributed by atoms with Gasteiger partial charge in [-0.3, -0.25) is 4.79 Å². The highest BCUT2D eigenvalue weighted by Crippen LogP contribution is 2.27. The van der Waals surface area contributed by atoms with Crippen molar-refractivity contribution in [3.63, 3.8) is 0 Å². The third-order valence-electron chi connectivity index (χ3n) is 3.80. The van der Waals surface area contributed by atoms with Gasteiger partial charge in [-0.25, -0.2) is 0 Å². The van der Waals surface area contributed by atoms with E-state index in [4.69, 9.17) is 12.6 Å². The van der Waals surface area contributed by atoms with Crippen molar-refractivity contribution in [1.82, 2.24) is 4.98 Å².